The minimum absolute atomic E-state index is 0. The highest BCUT2D eigenvalue weighted by molar-refractivity contribution is 4.35. The van der Waals surface area contributed by atoms with Crippen LogP contribution < -0.4 is 34.8 Å². The number of hydrogen-bond donors (Lipinski definition) is 2. The average molecular weight is 200 g/mol. The molecular formula is C3H9IN2. The van der Waals surface area contributed by atoms with Crippen molar-refractivity contribution in [2.45, 2.75) is 6.42 Å². The topological polar surface area (TPSA) is 28.6 Å². The predicted molar refractivity (Wildman–Crippen MR) is 19.4 cm³/mol. The smallest absolute Gasteiger partial charge is 0.0944 e. The van der Waals surface area contributed by atoms with E-state index >= 15 is 0 Å². The summed E-state index contributed by atoms with van der Waals surface area (Å²) in [5, 5.41) is 0. The predicted octanol–water partition coefficient (Wildman–Crippen LogP) is -4.54. The van der Waals surface area contributed by atoms with E-state index in [1.165, 1.54) is 19.5 Å². The van der Waals surface area contributed by atoms with Gasteiger partial charge in [0.05, 0.1) is 6.54 Å². The molecular weight excluding hydrogens is 191 g/mol. The Balaban J connectivity index is 0.000000250. The monoisotopic (exact) mass is 200 g/mol. The Hall–Kier alpha value is 0.650. The van der Waals surface area contributed by atoms with E-state index in [9.17, 15) is 0 Å². The molecule has 1 rings (SSSR count). The van der Waals surface area contributed by atoms with Crippen LogP contribution in [0.3, 0.4) is 0 Å². The molecule has 0 aromatic rings. The van der Waals surface area contributed by atoms with Gasteiger partial charge in [0.15, 0.2) is 0 Å². The van der Waals surface area contributed by atoms with Gasteiger partial charge in [0.2, 0.25) is 0 Å². The van der Waals surface area contributed by atoms with Crippen LogP contribution in [0.5, 0.6) is 0 Å². The van der Waals surface area contributed by atoms with Crippen LogP contribution in [-0.2, 0) is 0 Å². The number of halogens is 1. The molecule has 6 heavy (non-hydrogen) atoms. The van der Waals surface area contributed by atoms with Crippen molar-refractivity contribution in [3.63, 3.8) is 0 Å². The van der Waals surface area contributed by atoms with Gasteiger partial charge < -0.3 is 24.0 Å². The molecule has 0 aliphatic carbocycles. The highest BCUT2D eigenvalue weighted by atomic mass is 127. The second-order valence-electron chi connectivity index (χ2n) is 1.30. The van der Waals surface area contributed by atoms with Gasteiger partial charge >= 0.3 is 0 Å². The van der Waals surface area contributed by atoms with E-state index in [0.717, 1.165) is 0 Å². The molecule has 0 spiro atoms. The van der Waals surface area contributed by atoms with E-state index < -0.39 is 0 Å². The summed E-state index contributed by atoms with van der Waals surface area (Å²) < 4.78 is 0. The van der Waals surface area contributed by atoms with E-state index in [1.807, 2.05) is 0 Å². The van der Waals surface area contributed by atoms with Crippen molar-refractivity contribution in [3.8, 4) is 0 Å². The molecule has 3 N–H and O–H groups in total. The van der Waals surface area contributed by atoms with Gasteiger partial charge in [0.25, 0.3) is 0 Å². The summed E-state index contributed by atoms with van der Waals surface area (Å²) in [6.45, 7) is 2.46. The van der Waals surface area contributed by atoms with Crippen LogP contribution in [0.15, 0.2) is 0 Å². The van der Waals surface area contributed by atoms with Crippen LogP contribution in [0, 0.1) is 0 Å². The summed E-state index contributed by atoms with van der Waals surface area (Å²) in [4.78, 5) is 0. The highest BCUT2D eigenvalue weighted by Gasteiger charge is 1.96. The molecule has 0 aromatic heterocycles. The fourth-order valence-corrected chi connectivity index (χ4v) is 0.510. The van der Waals surface area contributed by atoms with Crippen molar-refractivity contribution in [2.75, 3.05) is 13.1 Å². The largest absolute Gasteiger partial charge is 1.00 e. The van der Waals surface area contributed by atoms with Crippen molar-refractivity contribution in [1.82, 2.24) is 5.43 Å². The van der Waals surface area contributed by atoms with Crippen LogP contribution in [-0.4, -0.2) is 13.1 Å². The molecule has 0 unspecified atom stereocenters. The van der Waals surface area contributed by atoms with Gasteiger partial charge in [-0.3, -0.25) is 5.43 Å². The third kappa shape index (κ3) is 1.94. The fraction of sp³-hybridized carbons (Fsp3) is 1.00. The third-order valence-corrected chi connectivity index (χ3v) is 0.814. The average Bonchev–Trinajstić information content (AvgIpc) is 1.76. The number of quaternary nitrogens is 1. The Bertz CT molecular complexity index is 20.4. The zero-order valence-electron chi connectivity index (χ0n) is 3.58. The van der Waals surface area contributed by atoms with Crippen molar-refractivity contribution >= 4 is 0 Å². The van der Waals surface area contributed by atoms with Crippen LogP contribution in [0.1, 0.15) is 6.42 Å². The van der Waals surface area contributed by atoms with Crippen molar-refractivity contribution in [2.24, 2.45) is 0 Å². The Labute approximate surface area is 54.7 Å². The molecule has 1 saturated heterocycles. The molecule has 0 amide bonds. The van der Waals surface area contributed by atoms with Crippen LogP contribution in [0.2, 0.25) is 0 Å². The molecule has 2 nitrogen and oxygen atoms in total. The first-order valence-electron chi connectivity index (χ1n) is 2.05. The summed E-state index contributed by atoms with van der Waals surface area (Å²) in [5.41, 5.74) is 5.21. The quantitative estimate of drug-likeness (QED) is 0.299. The second kappa shape index (κ2) is 3.83. The van der Waals surface area contributed by atoms with E-state index in [0.29, 0.717) is 0 Å². The molecule has 0 aromatic carbocycles. The van der Waals surface area contributed by atoms with Gasteiger partial charge in [-0.25, -0.2) is 0 Å². The van der Waals surface area contributed by atoms with Gasteiger partial charge in [-0.05, 0) is 0 Å². The van der Waals surface area contributed by atoms with E-state index in [1.54, 1.807) is 0 Å². The van der Waals surface area contributed by atoms with Crippen LogP contribution >= 0.6 is 0 Å². The number of nitrogens with one attached hydrogen (secondary N) is 1. The van der Waals surface area contributed by atoms with Crippen molar-refractivity contribution in [3.05, 3.63) is 0 Å². The zero-order valence-corrected chi connectivity index (χ0v) is 5.73. The summed E-state index contributed by atoms with van der Waals surface area (Å²) in [6.07, 6.45) is 1.33. The summed E-state index contributed by atoms with van der Waals surface area (Å²) >= 11 is 0. The fourth-order valence-electron chi connectivity index (χ4n) is 0.510. The first-order chi connectivity index (χ1) is 2.50. The van der Waals surface area contributed by atoms with E-state index in [-0.39, 0.29) is 24.0 Å². The first kappa shape index (κ1) is 6.65. The SMILES string of the molecule is C1CN[NH2+]C1.[I-]. The van der Waals surface area contributed by atoms with Crippen LogP contribution in [0.25, 0.3) is 0 Å². The van der Waals surface area contributed by atoms with Crippen LogP contribution in [0.4, 0.5) is 0 Å². The lowest BCUT2D eigenvalue weighted by molar-refractivity contribution is -0.691. The van der Waals surface area contributed by atoms with E-state index in [4.69, 9.17) is 0 Å². The first-order valence-corrected chi connectivity index (χ1v) is 2.05. The van der Waals surface area contributed by atoms with Gasteiger partial charge in [-0.2, -0.15) is 5.43 Å². The minimum Gasteiger partial charge on any atom is -1.00 e. The summed E-state index contributed by atoms with van der Waals surface area (Å²) in [6, 6.07) is 0. The van der Waals surface area contributed by atoms with E-state index in [2.05, 4.69) is 10.9 Å². The molecule has 1 heterocycles. The lowest BCUT2D eigenvalue weighted by Gasteiger charge is -1.76. The molecule has 0 bridgehead atoms. The van der Waals surface area contributed by atoms with Crippen molar-refractivity contribution < 1.29 is 29.4 Å². The molecule has 0 radical (unpaired) electrons. The molecule has 1 aliphatic heterocycles. The molecule has 1 aliphatic rings. The second-order valence-corrected chi connectivity index (χ2v) is 1.30. The maximum absolute atomic E-state index is 3.10. The maximum Gasteiger partial charge on any atom is 0.0944 e. The third-order valence-electron chi connectivity index (χ3n) is 0.814. The summed E-state index contributed by atoms with van der Waals surface area (Å²) in [7, 11) is 0. The highest BCUT2D eigenvalue weighted by Crippen LogP contribution is 1.66. The Kier molecular flexibility index (Phi) is 4.24. The van der Waals surface area contributed by atoms with Crippen molar-refractivity contribution in [1.29, 1.82) is 0 Å². The number of nitrogens with two attached hydrogens (primary N) is 1. The molecule has 3 heteroatoms. The Morgan fingerprint density at radius 1 is 1.50 bits per heavy atom. The molecule has 38 valence electrons. The number of rotatable bonds is 0. The lowest BCUT2D eigenvalue weighted by Crippen LogP contribution is -3.00. The molecule has 0 atom stereocenters. The zero-order chi connectivity index (χ0) is 3.54. The maximum atomic E-state index is 3.10. The standard InChI is InChI=1S/C3H8N2.HI/c1-2-4-5-3-1;/h4-5H,1-3H2;1H. The Morgan fingerprint density at radius 3 is 2.50 bits per heavy atom. The van der Waals surface area contributed by atoms with Gasteiger partial charge in [0, 0.05) is 13.0 Å². The lowest BCUT2D eigenvalue weighted by atomic mass is 10.5. The Morgan fingerprint density at radius 2 is 2.33 bits per heavy atom. The number of hydrogen-bond acceptors (Lipinski definition) is 1. The van der Waals surface area contributed by atoms with Gasteiger partial charge in [-0.1, -0.05) is 0 Å². The van der Waals surface area contributed by atoms with Gasteiger partial charge in [-0.15, -0.1) is 0 Å². The minimum atomic E-state index is 0. The normalized spacial score (nSPS) is 20.0. The van der Waals surface area contributed by atoms with Gasteiger partial charge in [0.1, 0.15) is 0 Å². The molecule has 0 saturated carbocycles. The summed E-state index contributed by atoms with van der Waals surface area (Å²) in [5.74, 6) is 0. The molecule has 1 fully saturated rings.